The van der Waals surface area contributed by atoms with E-state index >= 15 is 0 Å². The number of rotatable bonds is 7. The van der Waals surface area contributed by atoms with Crippen molar-refractivity contribution in [1.82, 2.24) is 10.2 Å². The summed E-state index contributed by atoms with van der Waals surface area (Å²) in [7, 11) is 1.63. The quantitative estimate of drug-likeness (QED) is 0.835. The zero-order chi connectivity index (χ0) is 17.4. The van der Waals surface area contributed by atoms with Crippen LogP contribution in [0.4, 0.5) is 0 Å². The summed E-state index contributed by atoms with van der Waals surface area (Å²) in [5.74, 6) is 1.08. The number of hydrogen-bond acceptors (Lipinski definition) is 3. The molecule has 0 aliphatic carbocycles. The average Bonchev–Trinajstić information content (AvgIpc) is 2.61. The molecule has 0 bridgehead atoms. The molecule has 132 valence electrons. The highest BCUT2D eigenvalue weighted by Gasteiger charge is 2.23. The number of likely N-dealkylation sites (tertiary alicyclic amines) is 1. The molecule has 0 unspecified atom stereocenters. The Labute approximate surface area is 144 Å². The molecule has 0 radical (unpaired) electrons. The van der Waals surface area contributed by atoms with Crippen molar-refractivity contribution >= 4 is 11.8 Å². The molecule has 1 heterocycles. The number of ether oxygens (including phenoxy) is 1. The van der Waals surface area contributed by atoms with Crippen LogP contribution in [0.15, 0.2) is 24.3 Å². The molecule has 5 heteroatoms. The van der Waals surface area contributed by atoms with Crippen LogP contribution in [-0.2, 0) is 16.0 Å². The van der Waals surface area contributed by atoms with Crippen LogP contribution in [0.2, 0.25) is 0 Å². The molecule has 5 nitrogen and oxygen atoms in total. The fraction of sp³-hybridized carbons (Fsp3) is 0.579. The monoisotopic (exact) mass is 332 g/mol. The van der Waals surface area contributed by atoms with Gasteiger partial charge in [-0.15, -0.1) is 0 Å². The van der Waals surface area contributed by atoms with E-state index in [9.17, 15) is 9.59 Å². The second-order valence-corrected chi connectivity index (χ2v) is 6.35. The van der Waals surface area contributed by atoms with Crippen LogP contribution in [0, 0.1) is 0 Å². The molecular formula is C19H28N2O3. The van der Waals surface area contributed by atoms with Gasteiger partial charge in [-0.3, -0.25) is 9.59 Å². The third-order valence-electron chi connectivity index (χ3n) is 4.48. The van der Waals surface area contributed by atoms with Crippen LogP contribution in [-0.4, -0.2) is 43.0 Å². The number of piperidine rings is 1. The molecule has 1 N–H and O–H groups in total. The zero-order valence-electron chi connectivity index (χ0n) is 14.7. The first-order chi connectivity index (χ1) is 11.6. The van der Waals surface area contributed by atoms with Crippen molar-refractivity contribution in [2.75, 3.05) is 20.2 Å². The maximum atomic E-state index is 12.4. The second-order valence-electron chi connectivity index (χ2n) is 6.35. The number of unbranched alkanes of at least 4 members (excludes halogenated alkanes) is 1. The Hall–Kier alpha value is -2.04. The fourth-order valence-corrected chi connectivity index (χ4v) is 2.94. The molecule has 1 aromatic carbocycles. The normalized spacial score (nSPS) is 15.2. The molecule has 2 amide bonds. The Morgan fingerprint density at radius 3 is 2.46 bits per heavy atom. The van der Waals surface area contributed by atoms with Crippen molar-refractivity contribution in [3.63, 3.8) is 0 Å². The van der Waals surface area contributed by atoms with E-state index in [2.05, 4.69) is 12.2 Å². The number of nitrogens with one attached hydrogen (secondary N) is 1. The zero-order valence-corrected chi connectivity index (χ0v) is 14.7. The van der Waals surface area contributed by atoms with Gasteiger partial charge in [0, 0.05) is 25.6 Å². The highest BCUT2D eigenvalue weighted by Crippen LogP contribution is 2.15. The summed E-state index contributed by atoms with van der Waals surface area (Å²) in [6.45, 7) is 3.52. The Kier molecular flexibility index (Phi) is 7.09. The smallest absolute Gasteiger partial charge is 0.226 e. The molecule has 0 atom stereocenters. The summed E-state index contributed by atoms with van der Waals surface area (Å²) in [4.78, 5) is 26.1. The minimum absolute atomic E-state index is 0.139. The van der Waals surface area contributed by atoms with Crippen LogP contribution in [0.1, 0.15) is 44.6 Å². The maximum absolute atomic E-state index is 12.4. The van der Waals surface area contributed by atoms with E-state index < -0.39 is 0 Å². The van der Waals surface area contributed by atoms with Gasteiger partial charge in [0.2, 0.25) is 11.8 Å². The lowest BCUT2D eigenvalue weighted by Gasteiger charge is -2.32. The van der Waals surface area contributed by atoms with Crippen LogP contribution in [0.25, 0.3) is 0 Å². The van der Waals surface area contributed by atoms with Crippen LogP contribution < -0.4 is 10.1 Å². The van der Waals surface area contributed by atoms with Gasteiger partial charge in [0.15, 0.2) is 0 Å². The topological polar surface area (TPSA) is 58.6 Å². The van der Waals surface area contributed by atoms with E-state index in [0.717, 1.165) is 37.0 Å². The van der Waals surface area contributed by atoms with Gasteiger partial charge in [0.25, 0.3) is 0 Å². The van der Waals surface area contributed by atoms with Crippen molar-refractivity contribution in [1.29, 1.82) is 0 Å². The van der Waals surface area contributed by atoms with Crippen molar-refractivity contribution in [2.45, 2.75) is 51.5 Å². The summed E-state index contributed by atoms with van der Waals surface area (Å²) < 4.78 is 5.13. The second kappa shape index (κ2) is 9.30. The van der Waals surface area contributed by atoms with E-state index in [1.54, 1.807) is 7.11 Å². The van der Waals surface area contributed by atoms with Crippen LogP contribution in [0.5, 0.6) is 5.75 Å². The lowest BCUT2D eigenvalue weighted by atomic mass is 10.0. The lowest BCUT2D eigenvalue weighted by molar-refractivity contribution is -0.131. The minimum Gasteiger partial charge on any atom is -0.497 e. The molecule has 24 heavy (non-hydrogen) atoms. The molecule has 1 aliphatic rings. The van der Waals surface area contributed by atoms with Crippen molar-refractivity contribution in [2.24, 2.45) is 0 Å². The van der Waals surface area contributed by atoms with E-state index in [1.165, 1.54) is 0 Å². The largest absolute Gasteiger partial charge is 0.497 e. The standard InChI is InChI=1S/C19H28N2O3/c1-3-4-5-18(22)20-16-10-12-21(13-11-16)19(23)14-15-6-8-17(24-2)9-7-15/h6-9,16H,3-5,10-14H2,1-2H3,(H,20,22). The fourth-order valence-electron chi connectivity index (χ4n) is 2.94. The van der Waals surface area contributed by atoms with Crippen molar-refractivity contribution in [3.05, 3.63) is 29.8 Å². The predicted octanol–water partition coefficient (Wildman–Crippen LogP) is 2.54. The third-order valence-corrected chi connectivity index (χ3v) is 4.48. The summed E-state index contributed by atoms with van der Waals surface area (Å²) in [5, 5.41) is 3.08. The molecule has 1 aliphatic heterocycles. The number of amides is 2. The maximum Gasteiger partial charge on any atom is 0.226 e. The number of carbonyl (C=O) groups excluding carboxylic acids is 2. The van der Waals surface area contributed by atoms with E-state index in [0.29, 0.717) is 25.9 Å². The van der Waals surface area contributed by atoms with Gasteiger partial charge in [0.1, 0.15) is 5.75 Å². The van der Waals surface area contributed by atoms with E-state index in [4.69, 9.17) is 4.74 Å². The van der Waals surface area contributed by atoms with Gasteiger partial charge in [-0.1, -0.05) is 25.5 Å². The average molecular weight is 332 g/mol. The molecule has 0 spiro atoms. The van der Waals surface area contributed by atoms with Gasteiger partial charge in [0.05, 0.1) is 13.5 Å². The van der Waals surface area contributed by atoms with Gasteiger partial charge in [-0.05, 0) is 37.0 Å². The molecule has 1 fully saturated rings. The van der Waals surface area contributed by atoms with Gasteiger partial charge >= 0.3 is 0 Å². The van der Waals surface area contributed by atoms with Crippen molar-refractivity contribution in [3.8, 4) is 5.75 Å². The number of carbonyl (C=O) groups is 2. The highest BCUT2D eigenvalue weighted by molar-refractivity contribution is 5.79. The molecule has 0 saturated carbocycles. The lowest BCUT2D eigenvalue weighted by Crippen LogP contribution is -2.46. The van der Waals surface area contributed by atoms with Gasteiger partial charge in [-0.2, -0.15) is 0 Å². The first-order valence-electron chi connectivity index (χ1n) is 8.82. The summed E-state index contributed by atoms with van der Waals surface area (Å²) in [5.41, 5.74) is 0.996. The van der Waals surface area contributed by atoms with Gasteiger partial charge in [-0.25, -0.2) is 0 Å². The van der Waals surface area contributed by atoms with Crippen LogP contribution >= 0.6 is 0 Å². The van der Waals surface area contributed by atoms with Crippen LogP contribution in [0.3, 0.4) is 0 Å². The number of nitrogens with zero attached hydrogens (tertiary/aromatic N) is 1. The Morgan fingerprint density at radius 2 is 1.88 bits per heavy atom. The van der Waals surface area contributed by atoms with Gasteiger partial charge < -0.3 is 15.0 Å². The first kappa shape index (κ1) is 18.3. The number of benzene rings is 1. The minimum atomic E-state index is 0.139. The Bertz CT molecular complexity index is 534. The van der Waals surface area contributed by atoms with E-state index in [1.807, 2.05) is 29.2 Å². The predicted molar refractivity (Wildman–Crippen MR) is 94.0 cm³/mol. The summed E-state index contributed by atoms with van der Waals surface area (Å²) in [6.07, 6.45) is 4.67. The SMILES string of the molecule is CCCCC(=O)NC1CCN(C(=O)Cc2ccc(OC)cc2)CC1. The molecule has 1 saturated heterocycles. The third kappa shape index (κ3) is 5.55. The molecule has 1 aromatic rings. The molecule has 0 aromatic heterocycles. The number of hydrogen-bond donors (Lipinski definition) is 1. The van der Waals surface area contributed by atoms with E-state index in [-0.39, 0.29) is 17.9 Å². The summed E-state index contributed by atoms with van der Waals surface area (Å²) >= 11 is 0. The molecular weight excluding hydrogens is 304 g/mol. The number of methoxy groups -OCH3 is 1. The highest BCUT2D eigenvalue weighted by atomic mass is 16.5. The summed E-state index contributed by atoms with van der Waals surface area (Å²) in [6, 6.07) is 7.82. The molecule has 2 rings (SSSR count). The first-order valence-corrected chi connectivity index (χ1v) is 8.82. The Morgan fingerprint density at radius 1 is 1.21 bits per heavy atom. The van der Waals surface area contributed by atoms with Crippen molar-refractivity contribution < 1.29 is 14.3 Å². The Balaban J connectivity index is 1.74.